The first-order valence-electron chi connectivity index (χ1n) is 6.56. The summed E-state index contributed by atoms with van der Waals surface area (Å²) in [5.41, 5.74) is 6.15. The lowest BCUT2D eigenvalue weighted by Gasteiger charge is -2.41. The molecule has 0 aliphatic carbocycles. The highest BCUT2D eigenvalue weighted by molar-refractivity contribution is 5.95. The minimum atomic E-state index is -0.421. The molecule has 6 heteroatoms. The fourth-order valence-electron chi connectivity index (χ4n) is 2.19. The fraction of sp³-hybridized carbons (Fsp3) is 0.500. The highest BCUT2D eigenvalue weighted by atomic mass is 19.1. The maximum Gasteiger partial charge on any atom is 0.238 e. The quantitative estimate of drug-likeness (QED) is 0.823. The third kappa shape index (κ3) is 3.46. The average Bonchev–Trinajstić information content (AvgIpc) is 2.35. The molecule has 0 atom stereocenters. The maximum atomic E-state index is 12.9. The Morgan fingerprint density at radius 1 is 1.55 bits per heavy atom. The SMILES string of the molecule is CC1(C)COCCN1CC(=O)Nc1ccc(F)cc1N. The number of nitrogens with one attached hydrogen (secondary N) is 1. The molecule has 5 nitrogen and oxygen atoms in total. The van der Waals surface area contributed by atoms with Crippen LogP contribution in [-0.2, 0) is 9.53 Å². The number of carbonyl (C=O) groups excluding carboxylic acids is 1. The van der Waals surface area contributed by atoms with Crippen LogP contribution in [0.3, 0.4) is 0 Å². The van der Waals surface area contributed by atoms with Gasteiger partial charge in [-0.15, -0.1) is 0 Å². The molecule has 1 aromatic rings. The minimum Gasteiger partial charge on any atom is -0.397 e. The van der Waals surface area contributed by atoms with E-state index in [1.807, 2.05) is 13.8 Å². The van der Waals surface area contributed by atoms with Crippen LogP contribution in [0.25, 0.3) is 0 Å². The Bertz CT molecular complexity index is 505. The van der Waals surface area contributed by atoms with E-state index in [0.29, 0.717) is 25.4 Å². The van der Waals surface area contributed by atoms with Crippen LogP contribution >= 0.6 is 0 Å². The molecule has 0 unspecified atom stereocenters. The standard InChI is InChI=1S/C14H20FN3O2/c1-14(2)9-20-6-5-18(14)8-13(19)17-12-4-3-10(15)7-11(12)16/h3-4,7H,5-6,8-9,16H2,1-2H3,(H,17,19). The van der Waals surface area contributed by atoms with Gasteiger partial charge in [0, 0.05) is 12.1 Å². The van der Waals surface area contributed by atoms with E-state index in [1.165, 1.54) is 18.2 Å². The van der Waals surface area contributed by atoms with E-state index >= 15 is 0 Å². The van der Waals surface area contributed by atoms with E-state index in [1.54, 1.807) is 0 Å². The second-order valence-electron chi connectivity index (χ2n) is 5.57. The van der Waals surface area contributed by atoms with E-state index in [0.717, 1.165) is 0 Å². The summed E-state index contributed by atoms with van der Waals surface area (Å²) in [7, 11) is 0. The predicted octanol–water partition coefficient (Wildman–Crippen LogP) is 1.46. The predicted molar refractivity (Wildman–Crippen MR) is 75.9 cm³/mol. The van der Waals surface area contributed by atoms with Crippen molar-refractivity contribution in [1.82, 2.24) is 4.90 Å². The smallest absolute Gasteiger partial charge is 0.238 e. The Hall–Kier alpha value is -1.66. The maximum absolute atomic E-state index is 12.9. The number of carbonyl (C=O) groups is 1. The topological polar surface area (TPSA) is 67.6 Å². The average molecular weight is 281 g/mol. The molecular weight excluding hydrogens is 261 g/mol. The van der Waals surface area contributed by atoms with Crippen LogP contribution in [-0.4, -0.2) is 42.6 Å². The molecule has 20 heavy (non-hydrogen) atoms. The number of amides is 1. The molecule has 0 aromatic heterocycles. The van der Waals surface area contributed by atoms with Gasteiger partial charge in [0.05, 0.1) is 31.1 Å². The number of morpholine rings is 1. The fourth-order valence-corrected chi connectivity index (χ4v) is 2.19. The van der Waals surface area contributed by atoms with Gasteiger partial charge in [0.2, 0.25) is 5.91 Å². The van der Waals surface area contributed by atoms with Gasteiger partial charge in [-0.25, -0.2) is 4.39 Å². The number of halogens is 1. The molecule has 2 rings (SSSR count). The zero-order valence-corrected chi connectivity index (χ0v) is 11.8. The third-order valence-corrected chi connectivity index (χ3v) is 3.44. The van der Waals surface area contributed by atoms with E-state index in [9.17, 15) is 9.18 Å². The zero-order chi connectivity index (χ0) is 14.8. The summed E-state index contributed by atoms with van der Waals surface area (Å²) < 4.78 is 18.4. The van der Waals surface area contributed by atoms with Gasteiger partial charge >= 0.3 is 0 Å². The van der Waals surface area contributed by atoms with Crippen molar-refractivity contribution in [1.29, 1.82) is 0 Å². The lowest BCUT2D eigenvalue weighted by molar-refractivity contribution is -0.122. The molecule has 3 N–H and O–H groups in total. The molecule has 1 fully saturated rings. The highest BCUT2D eigenvalue weighted by Crippen LogP contribution is 2.21. The van der Waals surface area contributed by atoms with E-state index in [4.69, 9.17) is 10.5 Å². The summed E-state index contributed by atoms with van der Waals surface area (Å²) >= 11 is 0. The number of ether oxygens (including phenoxy) is 1. The largest absolute Gasteiger partial charge is 0.397 e. The molecule has 0 bridgehead atoms. The number of rotatable bonds is 3. The van der Waals surface area contributed by atoms with Crippen LogP contribution in [0.15, 0.2) is 18.2 Å². The second-order valence-corrected chi connectivity index (χ2v) is 5.57. The van der Waals surface area contributed by atoms with Crippen LogP contribution in [0.2, 0.25) is 0 Å². The summed E-state index contributed by atoms with van der Waals surface area (Å²) in [6.07, 6.45) is 0. The van der Waals surface area contributed by atoms with Gasteiger partial charge in [0.1, 0.15) is 5.82 Å². The van der Waals surface area contributed by atoms with Gasteiger partial charge < -0.3 is 15.8 Å². The Morgan fingerprint density at radius 3 is 2.95 bits per heavy atom. The molecule has 0 spiro atoms. The van der Waals surface area contributed by atoms with E-state index < -0.39 is 5.82 Å². The number of nitrogen functional groups attached to an aromatic ring is 1. The number of nitrogens with zero attached hydrogens (tertiary/aromatic N) is 1. The number of hydrogen-bond donors (Lipinski definition) is 2. The monoisotopic (exact) mass is 281 g/mol. The molecule has 1 heterocycles. The molecule has 1 amide bonds. The molecule has 110 valence electrons. The van der Waals surface area contributed by atoms with Crippen LogP contribution in [0.4, 0.5) is 15.8 Å². The number of hydrogen-bond acceptors (Lipinski definition) is 4. The van der Waals surface area contributed by atoms with Gasteiger partial charge in [-0.05, 0) is 32.0 Å². The first-order valence-corrected chi connectivity index (χ1v) is 6.56. The van der Waals surface area contributed by atoms with Crippen molar-refractivity contribution in [3.63, 3.8) is 0 Å². The summed E-state index contributed by atoms with van der Waals surface area (Å²) in [4.78, 5) is 14.1. The van der Waals surface area contributed by atoms with E-state index in [-0.39, 0.29) is 23.7 Å². The van der Waals surface area contributed by atoms with Gasteiger partial charge in [0.15, 0.2) is 0 Å². The lowest BCUT2D eigenvalue weighted by atomic mass is 10.0. The number of nitrogens with two attached hydrogens (primary N) is 1. The van der Waals surface area contributed by atoms with Gasteiger partial charge in [-0.3, -0.25) is 9.69 Å². The lowest BCUT2D eigenvalue weighted by Crippen LogP contribution is -2.55. The van der Waals surface area contributed by atoms with Crippen molar-refractivity contribution in [2.75, 3.05) is 37.4 Å². The van der Waals surface area contributed by atoms with Crippen molar-refractivity contribution in [3.8, 4) is 0 Å². The summed E-state index contributed by atoms with van der Waals surface area (Å²) in [6.45, 7) is 6.25. The van der Waals surface area contributed by atoms with E-state index in [2.05, 4.69) is 10.2 Å². The van der Waals surface area contributed by atoms with Gasteiger partial charge in [-0.1, -0.05) is 0 Å². The Kier molecular flexibility index (Phi) is 4.25. The van der Waals surface area contributed by atoms with Crippen molar-refractivity contribution in [2.24, 2.45) is 0 Å². The van der Waals surface area contributed by atoms with Crippen LogP contribution in [0.1, 0.15) is 13.8 Å². The normalized spacial score (nSPS) is 18.8. The molecular formula is C14H20FN3O2. The first-order chi connectivity index (χ1) is 9.38. The molecule has 0 radical (unpaired) electrons. The third-order valence-electron chi connectivity index (χ3n) is 3.44. The van der Waals surface area contributed by atoms with Gasteiger partial charge in [-0.2, -0.15) is 0 Å². The minimum absolute atomic E-state index is 0.168. The molecule has 1 aromatic carbocycles. The highest BCUT2D eigenvalue weighted by Gasteiger charge is 2.31. The molecule has 1 aliphatic rings. The number of benzene rings is 1. The Morgan fingerprint density at radius 2 is 2.30 bits per heavy atom. The zero-order valence-electron chi connectivity index (χ0n) is 11.8. The van der Waals surface area contributed by atoms with Crippen LogP contribution < -0.4 is 11.1 Å². The Balaban J connectivity index is 1.98. The van der Waals surface area contributed by atoms with Crippen molar-refractivity contribution < 1.29 is 13.9 Å². The van der Waals surface area contributed by atoms with Crippen molar-refractivity contribution in [2.45, 2.75) is 19.4 Å². The second kappa shape index (κ2) is 5.76. The van der Waals surface area contributed by atoms with Crippen LogP contribution in [0, 0.1) is 5.82 Å². The van der Waals surface area contributed by atoms with Gasteiger partial charge in [0.25, 0.3) is 0 Å². The molecule has 0 saturated carbocycles. The Labute approximate surface area is 117 Å². The van der Waals surface area contributed by atoms with Crippen LogP contribution in [0.5, 0.6) is 0 Å². The summed E-state index contributed by atoms with van der Waals surface area (Å²) in [5, 5.41) is 2.71. The molecule has 1 saturated heterocycles. The summed E-state index contributed by atoms with van der Waals surface area (Å²) in [5.74, 6) is -0.590. The first kappa shape index (κ1) is 14.7. The number of anilines is 2. The summed E-state index contributed by atoms with van der Waals surface area (Å²) in [6, 6.07) is 3.92. The van der Waals surface area contributed by atoms with Crippen molar-refractivity contribution >= 4 is 17.3 Å². The molecule has 1 aliphatic heterocycles. The van der Waals surface area contributed by atoms with Crippen molar-refractivity contribution in [3.05, 3.63) is 24.0 Å².